The Morgan fingerprint density at radius 3 is 1.62 bits per heavy atom. The summed E-state index contributed by atoms with van der Waals surface area (Å²) >= 11 is 0. The van der Waals surface area contributed by atoms with E-state index < -0.39 is 0 Å². The van der Waals surface area contributed by atoms with E-state index in [0.29, 0.717) is 5.82 Å². The van der Waals surface area contributed by atoms with Crippen molar-refractivity contribution in [2.45, 2.75) is 19.3 Å². The summed E-state index contributed by atoms with van der Waals surface area (Å²) in [7, 11) is 0. The van der Waals surface area contributed by atoms with Gasteiger partial charge in [0.1, 0.15) is 11.2 Å². The van der Waals surface area contributed by atoms with Crippen molar-refractivity contribution in [3.63, 3.8) is 0 Å². The van der Waals surface area contributed by atoms with Crippen molar-refractivity contribution in [2.75, 3.05) is 0 Å². The van der Waals surface area contributed by atoms with Gasteiger partial charge >= 0.3 is 0 Å². The van der Waals surface area contributed by atoms with Crippen LogP contribution in [0.2, 0.25) is 0 Å². The molecular weight excluding hydrogens is 863 g/mol. The van der Waals surface area contributed by atoms with E-state index in [1.807, 2.05) is 18.2 Å². The van der Waals surface area contributed by atoms with Crippen LogP contribution < -0.4 is 0 Å². The van der Waals surface area contributed by atoms with Gasteiger partial charge in [-0.2, -0.15) is 0 Å². The average Bonchev–Trinajstić information content (AvgIpc) is 4.15. The monoisotopic (exact) mass is 905 g/mol. The molecule has 1 aliphatic carbocycles. The quantitative estimate of drug-likeness (QED) is 0.167. The Kier molecular flexibility index (Phi) is 8.38. The maximum atomic E-state index is 6.56. The molecule has 15 rings (SSSR count). The molecule has 0 aliphatic heterocycles. The minimum Gasteiger partial charge on any atom is -0.455 e. The van der Waals surface area contributed by atoms with Crippen LogP contribution in [-0.2, 0) is 5.41 Å². The fraction of sp³-hybridized carbons (Fsp3) is 0.0448. The molecule has 0 unspecified atom stereocenters. The Morgan fingerprint density at radius 1 is 0.352 bits per heavy atom. The van der Waals surface area contributed by atoms with Gasteiger partial charge in [0.2, 0.25) is 0 Å². The highest BCUT2D eigenvalue weighted by atomic mass is 16.3. The number of benzene rings is 10. The number of hydrogen-bond donors (Lipinski definition) is 0. The molecule has 4 aromatic heterocycles. The number of fused-ring (bicyclic) bond motifs is 12. The number of nitrogens with zero attached hydrogens (tertiary/aromatic N) is 3. The van der Waals surface area contributed by atoms with Crippen molar-refractivity contribution in [1.29, 1.82) is 0 Å². The molecule has 0 fully saturated rings. The van der Waals surface area contributed by atoms with Gasteiger partial charge in [-0.05, 0) is 80.9 Å². The molecule has 0 amide bonds. The van der Waals surface area contributed by atoms with Gasteiger partial charge < -0.3 is 8.82 Å². The smallest absolute Gasteiger partial charge is 0.160 e. The molecule has 10 aromatic carbocycles. The van der Waals surface area contributed by atoms with Crippen LogP contribution in [-0.4, -0.2) is 14.4 Å². The highest BCUT2D eigenvalue weighted by Crippen LogP contribution is 2.51. The Hall–Kier alpha value is -9.12. The van der Waals surface area contributed by atoms with Gasteiger partial charge in [0.15, 0.2) is 5.82 Å². The van der Waals surface area contributed by atoms with Gasteiger partial charge in [0, 0.05) is 65.5 Å². The third kappa shape index (κ3) is 5.92. The molecule has 0 saturated heterocycles. The Labute approximate surface area is 410 Å². The normalized spacial score (nSPS) is 13.0. The van der Waals surface area contributed by atoms with Crippen LogP contribution in [0.15, 0.2) is 229 Å². The zero-order valence-corrected chi connectivity index (χ0v) is 39.1. The highest BCUT2D eigenvalue weighted by molar-refractivity contribution is 6.25. The predicted octanol–water partition coefficient (Wildman–Crippen LogP) is 17.8. The van der Waals surface area contributed by atoms with E-state index in [1.165, 1.54) is 82.6 Å². The van der Waals surface area contributed by atoms with Crippen molar-refractivity contribution in [3.05, 3.63) is 236 Å². The number of hydrogen-bond acceptors (Lipinski definition) is 3. The van der Waals surface area contributed by atoms with Crippen LogP contribution in [0.3, 0.4) is 0 Å². The number of furan rings is 1. The van der Waals surface area contributed by atoms with Crippen LogP contribution >= 0.6 is 0 Å². The summed E-state index contributed by atoms with van der Waals surface area (Å²) in [5.74, 6) is 0.716. The van der Waals surface area contributed by atoms with Crippen molar-refractivity contribution in [2.24, 2.45) is 0 Å². The standard InChI is InChI=1S/C67H43N3O/c1-67(2)57-33-30-43(36-55(57)56-37-46(31-34-58(56)67)66-68-59(40-15-5-3-6-16-40)39-60(69-66)41-17-7-4-8-18-41)42-19-11-20-44(35-42)47-22-12-25-52-53-26-14-24-51-49-32-29-45(38-61(49)70(63(47)52)64(51)53)48-23-13-27-54-50-21-9-10-28-62(50)71-65(48)54/h3-39H,1-2H3. The van der Waals surface area contributed by atoms with Gasteiger partial charge in [-0.3, -0.25) is 0 Å². The molecule has 0 spiro atoms. The Bertz CT molecular complexity index is 4420. The number of aromatic nitrogens is 3. The summed E-state index contributed by atoms with van der Waals surface area (Å²) in [5, 5.41) is 7.30. The third-order valence-electron chi connectivity index (χ3n) is 15.4. The van der Waals surface area contributed by atoms with Gasteiger partial charge in [-0.1, -0.05) is 202 Å². The van der Waals surface area contributed by atoms with Crippen LogP contribution in [0, 0.1) is 0 Å². The molecule has 0 saturated carbocycles. The minimum atomic E-state index is -0.172. The lowest BCUT2D eigenvalue weighted by Crippen LogP contribution is -2.14. The lowest BCUT2D eigenvalue weighted by Gasteiger charge is -2.21. The van der Waals surface area contributed by atoms with E-state index in [2.05, 4.69) is 225 Å². The molecule has 1 aliphatic rings. The topological polar surface area (TPSA) is 43.3 Å². The Morgan fingerprint density at radius 2 is 0.873 bits per heavy atom. The van der Waals surface area contributed by atoms with E-state index in [4.69, 9.17) is 14.4 Å². The van der Waals surface area contributed by atoms with Gasteiger partial charge in [-0.25, -0.2) is 9.97 Å². The van der Waals surface area contributed by atoms with E-state index in [9.17, 15) is 0 Å². The largest absolute Gasteiger partial charge is 0.455 e. The molecule has 14 aromatic rings. The predicted molar refractivity (Wildman–Crippen MR) is 294 cm³/mol. The zero-order chi connectivity index (χ0) is 47.0. The molecule has 4 heterocycles. The fourth-order valence-corrected chi connectivity index (χ4v) is 11.9. The maximum absolute atomic E-state index is 6.56. The second kappa shape index (κ2) is 14.9. The Balaban J connectivity index is 0.861. The van der Waals surface area contributed by atoms with Crippen LogP contribution in [0.5, 0.6) is 0 Å². The SMILES string of the molecule is CC1(C)c2ccc(-c3cccc(-c4cccc5c6cccc7c8ccc(-c9cccc%10c9oc9ccccc9%10)cc8n(c45)c76)c3)cc2-c2cc(-c3nc(-c4ccccc4)cc(-c4ccccc4)n3)ccc21. The number of rotatable bonds is 6. The van der Waals surface area contributed by atoms with Crippen molar-refractivity contribution in [1.82, 2.24) is 14.4 Å². The molecule has 4 nitrogen and oxygen atoms in total. The zero-order valence-electron chi connectivity index (χ0n) is 39.1. The molecule has 0 atom stereocenters. The molecule has 332 valence electrons. The van der Waals surface area contributed by atoms with E-state index in [1.54, 1.807) is 0 Å². The molecule has 71 heavy (non-hydrogen) atoms. The molecule has 0 radical (unpaired) electrons. The second-order valence-corrected chi connectivity index (χ2v) is 19.7. The van der Waals surface area contributed by atoms with Gasteiger partial charge in [0.05, 0.1) is 27.9 Å². The number of para-hydroxylation sites is 4. The first-order valence-corrected chi connectivity index (χ1v) is 24.5. The molecule has 0 bridgehead atoms. The average molecular weight is 906 g/mol. The van der Waals surface area contributed by atoms with E-state index in [0.717, 1.165) is 61.1 Å². The van der Waals surface area contributed by atoms with E-state index in [-0.39, 0.29) is 5.41 Å². The first kappa shape index (κ1) is 39.8. The summed E-state index contributed by atoms with van der Waals surface area (Å²) in [5.41, 5.74) is 22.3. The molecular formula is C67H43N3O. The van der Waals surface area contributed by atoms with Crippen molar-refractivity contribution >= 4 is 60.0 Å². The minimum absolute atomic E-state index is 0.172. The second-order valence-electron chi connectivity index (χ2n) is 19.7. The van der Waals surface area contributed by atoms with E-state index >= 15 is 0 Å². The van der Waals surface area contributed by atoms with Gasteiger partial charge in [-0.15, -0.1) is 0 Å². The first-order chi connectivity index (χ1) is 34.9. The van der Waals surface area contributed by atoms with Crippen molar-refractivity contribution < 1.29 is 4.42 Å². The lowest BCUT2D eigenvalue weighted by molar-refractivity contribution is 0.660. The summed E-state index contributed by atoms with van der Waals surface area (Å²) in [4.78, 5) is 10.4. The van der Waals surface area contributed by atoms with Crippen molar-refractivity contribution in [3.8, 4) is 78.4 Å². The summed E-state index contributed by atoms with van der Waals surface area (Å²) in [6, 6.07) is 81.2. The summed E-state index contributed by atoms with van der Waals surface area (Å²) in [6.45, 7) is 4.69. The van der Waals surface area contributed by atoms with Crippen LogP contribution in [0.25, 0.3) is 138 Å². The van der Waals surface area contributed by atoms with Gasteiger partial charge in [0.25, 0.3) is 0 Å². The van der Waals surface area contributed by atoms with Crippen LogP contribution in [0.1, 0.15) is 25.0 Å². The maximum Gasteiger partial charge on any atom is 0.160 e. The third-order valence-corrected chi connectivity index (χ3v) is 15.4. The molecule has 0 N–H and O–H groups in total. The lowest BCUT2D eigenvalue weighted by atomic mass is 9.82. The summed E-state index contributed by atoms with van der Waals surface area (Å²) in [6.07, 6.45) is 0. The molecule has 4 heteroatoms. The first-order valence-electron chi connectivity index (χ1n) is 24.5. The highest BCUT2D eigenvalue weighted by Gasteiger charge is 2.36. The van der Waals surface area contributed by atoms with Crippen LogP contribution in [0.4, 0.5) is 0 Å². The summed E-state index contributed by atoms with van der Waals surface area (Å²) < 4.78 is 9.08. The fourth-order valence-electron chi connectivity index (χ4n) is 11.9.